The van der Waals surface area contributed by atoms with Crippen molar-refractivity contribution in [2.75, 3.05) is 11.9 Å². The molecule has 1 heterocycles. The highest BCUT2D eigenvalue weighted by atomic mass is 16.5. The number of hydrogen-bond donors (Lipinski definition) is 1. The molecule has 1 aromatic carbocycles. The predicted molar refractivity (Wildman–Crippen MR) is 80.1 cm³/mol. The number of ether oxygens (including phenoxy) is 1. The Bertz CT molecular complexity index is 646. The Hall–Kier alpha value is -2.56. The summed E-state index contributed by atoms with van der Waals surface area (Å²) in [6.07, 6.45) is 4.03. The zero-order valence-corrected chi connectivity index (χ0v) is 12.1. The Labute approximate surface area is 123 Å². The van der Waals surface area contributed by atoms with Gasteiger partial charge in [0, 0.05) is 19.4 Å². The summed E-state index contributed by atoms with van der Waals surface area (Å²) in [6.45, 7) is 2.04. The average Bonchev–Trinajstić information content (AvgIpc) is 2.84. The molecule has 0 aliphatic rings. The maximum atomic E-state index is 12.1. The van der Waals surface area contributed by atoms with E-state index in [1.165, 1.54) is 0 Å². The Balaban J connectivity index is 2.08. The van der Waals surface area contributed by atoms with E-state index in [2.05, 4.69) is 5.32 Å². The van der Waals surface area contributed by atoms with Gasteiger partial charge in [0.15, 0.2) is 0 Å². The molecule has 0 radical (unpaired) electrons. The van der Waals surface area contributed by atoms with Crippen molar-refractivity contribution in [3.63, 3.8) is 0 Å². The lowest BCUT2D eigenvalue weighted by Gasteiger charge is -2.10. The van der Waals surface area contributed by atoms with Crippen molar-refractivity contribution in [1.82, 2.24) is 4.57 Å². The lowest BCUT2D eigenvalue weighted by Crippen LogP contribution is -2.17. The van der Waals surface area contributed by atoms with Gasteiger partial charge in [-0.25, -0.2) is 4.79 Å². The van der Waals surface area contributed by atoms with E-state index in [0.717, 1.165) is 5.56 Å². The molecule has 0 fully saturated rings. The normalized spacial score (nSPS) is 10.2. The second-order valence-electron chi connectivity index (χ2n) is 4.68. The van der Waals surface area contributed by atoms with E-state index in [1.807, 2.05) is 30.1 Å². The molecule has 110 valence electrons. The van der Waals surface area contributed by atoms with Gasteiger partial charge >= 0.3 is 5.97 Å². The van der Waals surface area contributed by atoms with Crippen molar-refractivity contribution in [2.24, 2.45) is 7.05 Å². The van der Waals surface area contributed by atoms with E-state index in [-0.39, 0.29) is 12.3 Å². The van der Waals surface area contributed by atoms with Crippen LogP contribution in [-0.4, -0.2) is 23.1 Å². The quantitative estimate of drug-likeness (QED) is 0.858. The van der Waals surface area contributed by atoms with Gasteiger partial charge in [-0.1, -0.05) is 12.1 Å². The minimum absolute atomic E-state index is 0.169. The first kappa shape index (κ1) is 14.8. The van der Waals surface area contributed by atoms with Crippen LogP contribution in [0.5, 0.6) is 0 Å². The molecule has 0 saturated heterocycles. The predicted octanol–water partition coefficient (Wildman–Crippen LogP) is 2.38. The Morgan fingerprint density at radius 2 is 2.00 bits per heavy atom. The molecule has 0 spiro atoms. The van der Waals surface area contributed by atoms with Gasteiger partial charge in [-0.15, -0.1) is 0 Å². The van der Waals surface area contributed by atoms with Gasteiger partial charge in [0.1, 0.15) is 0 Å². The topological polar surface area (TPSA) is 60.3 Å². The number of hydrogen-bond acceptors (Lipinski definition) is 3. The second kappa shape index (κ2) is 6.74. The molecule has 0 aliphatic carbocycles. The fraction of sp³-hybridized carbons (Fsp3) is 0.250. The van der Waals surface area contributed by atoms with Gasteiger partial charge in [0.05, 0.1) is 24.3 Å². The highest BCUT2D eigenvalue weighted by Gasteiger charge is 2.14. The van der Waals surface area contributed by atoms with Crippen LogP contribution < -0.4 is 5.32 Å². The maximum Gasteiger partial charge on any atom is 0.340 e. The van der Waals surface area contributed by atoms with Gasteiger partial charge in [-0.2, -0.15) is 0 Å². The minimum atomic E-state index is -0.437. The molecule has 2 rings (SSSR count). The van der Waals surface area contributed by atoms with E-state index < -0.39 is 5.97 Å². The van der Waals surface area contributed by atoms with Crippen LogP contribution in [0.1, 0.15) is 22.8 Å². The summed E-state index contributed by atoms with van der Waals surface area (Å²) in [5.74, 6) is -0.606. The van der Waals surface area contributed by atoms with Gasteiger partial charge in [-0.05, 0) is 30.7 Å². The number of anilines is 1. The highest BCUT2D eigenvalue weighted by molar-refractivity contribution is 6.01. The number of aryl methyl sites for hydroxylation is 1. The summed E-state index contributed by atoms with van der Waals surface area (Å²) in [5, 5.41) is 2.76. The minimum Gasteiger partial charge on any atom is -0.462 e. The van der Waals surface area contributed by atoms with Gasteiger partial charge in [0.2, 0.25) is 5.91 Å². The van der Waals surface area contributed by atoms with Crippen LogP contribution in [0.25, 0.3) is 0 Å². The molecule has 0 aliphatic heterocycles. The van der Waals surface area contributed by atoms with E-state index in [4.69, 9.17) is 4.74 Å². The summed E-state index contributed by atoms with van der Waals surface area (Å²) >= 11 is 0. The van der Waals surface area contributed by atoms with Crippen LogP contribution in [0.3, 0.4) is 0 Å². The first-order chi connectivity index (χ1) is 10.1. The standard InChI is InChI=1S/C16H18N2O3/c1-3-21-16(20)13-6-4-5-7-14(13)17-15(19)10-12-8-9-18(2)11-12/h4-9,11H,3,10H2,1-2H3,(H,17,19). The van der Waals surface area contributed by atoms with E-state index >= 15 is 0 Å². The molecule has 1 N–H and O–H groups in total. The smallest absolute Gasteiger partial charge is 0.340 e. The number of rotatable bonds is 5. The third-order valence-corrected chi connectivity index (χ3v) is 2.95. The molecule has 5 heteroatoms. The Kier molecular flexibility index (Phi) is 4.77. The molecule has 1 aromatic heterocycles. The van der Waals surface area contributed by atoms with E-state index in [0.29, 0.717) is 17.9 Å². The average molecular weight is 286 g/mol. The molecule has 0 saturated carbocycles. The van der Waals surface area contributed by atoms with Crippen molar-refractivity contribution in [1.29, 1.82) is 0 Å². The number of esters is 1. The monoisotopic (exact) mass is 286 g/mol. The van der Waals surface area contributed by atoms with Crippen LogP contribution in [0.2, 0.25) is 0 Å². The van der Waals surface area contributed by atoms with Crippen LogP contribution in [-0.2, 0) is 23.0 Å². The summed E-state index contributed by atoms with van der Waals surface area (Å²) in [7, 11) is 1.90. The van der Waals surface area contributed by atoms with Crippen molar-refractivity contribution in [3.8, 4) is 0 Å². The van der Waals surface area contributed by atoms with Crippen molar-refractivity contribution < 1.29 is 14.3 Å². The van der Waals surface area contributed by atoms with Gasteiger partial charge in [0.25, 0.3) is 0 Å². The van der Waals surface area contributed by atoms with Crippen LogP contribution in [0, 0.1) is 0 Å². The van der Waals surface area contributed by atoms with Crippen molar-refractivity contribution >= 4 is 17.6 Å². The number of carbonyl (C=O) groups excluding carboxylic acids is 2. The van der Waals surface area contributed by atoms with Gasteiger partial charge < -0.3 is 14.6 Å². The van der Waals surface area contributed by atoms with Gasteiger partial charge in [-0.3, -0.25) is 4.79 Å². The number of benzene rings is 1. The number of aromatic nitrogens is 1. The van der Waals surface area contributed by atoms with Crippen molar-refractivity contribution in [3.05, 3.63) is 53.9 Å². The third kappa shape index (κ3) is 3.95. The number of para-hydroxylation sites is 1. The summed E-state index contributed by atoms with van der Waals surface area (Å²) in [4.78, 5) is 23.9. The Morgan fingerprint density at radius 1 is 1.24 bits per heavy atom. The first-order valence-electron chi connectivity index (χ1n) is 6.77. The van der Waals surface area contributed by atoms with Crippen LogP contribution >= 0.6 is 0 Å². The first-order valence-corrected chi connectivity index (χ1v) is 6.77. The molecule has 5 nitrogen and oxygen atoms in total. The molecular formula is C16H18N2O3. The maximum absolute atomic E-state index is 12.1. The zero-order chi connectivity index (χ0) is 15.2. The molecular weight excluding hydrogens is 268 g/mol. The van der Waals surface area contributed by atoms with E-state index in [9.17, 15) is 9.59 Å². The largest absolute Gasteiger partial charge is 0.462 e. The van der Waals surface area contributed by atoms with Crippen LogP contribution in [0.15, 0.2) is 42.7 Å². The Morgan fingerprint density at radius 3 is 2.67 bits per heavy atom. The van der Waals surface area contributed by atoms with Crippen LogP contribution in [0.4, 0.5) is 5.69 Å². The van der Waals surface area contributed by atoms with Crippen molar-refractivity contribution in [2.45, 2.75) is 13.3 Å². The SMILES string of the molecule is CCOC(=O)c1ccccc1NC(=O)Cc1ccn(C)c1. The molecule has 1 amide bonds. The summed E-state index contributed by atoms with van der Waals surface area (Å²) in [6, 6.07) is 8.71. The molecule has 21 heavy (non-hydrogen) atoms. The molecule has 2 aromatic rings. The third-order valence-electron chi connectivity index (χ3n) is 2.95. The highest BCUT2D eigenvalue weighted by Crippen LogP contribution is 2.16. The lowest BCUT2D eigenvalue weighted by atomic mass is 10.1. The lowest BCUT2D eigenvalue weighted by molar-refractivity contribution is -0.115. The summed E-state index contributed by atoms with van der Waals surface area (Å²) < 4.78 is 6.86. The fourth-order valence-corrected chi connectivity index (χ4v) is 2.02. The van der Waals surface area contributed by atoms with E-state index in [1.54, 1.807) is 31.2 Å². The number of nitrogens with zero attached hydrogens (tertiary/aromatic N) is 1. The molecule has 0 bridgehead atoms. The second-order valence-corrected chi connectivity index (χ2v) is 4.68. The number of amides is 1. The molecule has 0 atom stereocenters. The fourth-order valence-electron chi connectivity index (χ4n) is 2.02. The summed E-state index contributed by atoms with van der Waals surface area (Å²) in [5.41, 5.74) is 1.75. The number of carbonyl (C=O) groups is 2. The zero-order valence-electron chi connectivity index (χ0n) is 12.1. The molecule has 0 unspecified atom stereocenters. The number of nitrogens with one attached hydrogen (secondary N) is 1.